The van der Waals surface area contributed by atoms with Gasteiger partial charge in [0.25, 0.3) is 11.8 Å². The van der Waals surface area contributed by atoms with Crippen LogP contribution in [-0.2, 0) is 45.2 Å². The number of methoxy groups -OCH3 is 2. The molecular formula is C46H48Cl2N6O8. The van der Waals surface area contributed by atoms with Crippen molar-refractivity contribution >= 4 is 35.1 Å². The number of esters is 2. The molecule has 0 amide bonds. The molecule has 6 aromatic rings. The van der Waals surface area contributed by atoms with Crippen molar-refractivity contribution < 1.29 is 37.6 Å². The monoisotopic (exact) mass is 882 g/mol. The molecule has 2 aliphatic rings. The maximum absolute atomic E-state index is 11.4. The van der Waals surface area contributed by atoms with Crippen molar-refractivity contribution in [1.29, 1.82) is 0 Å². The van der Waals surface area contributed by atoms with Crippen LogP contribution < -0.4 is 14.8 Å². The molecule has 0 radical (unpaired) electrons. The van der Waals surface area contributed by atoms with Crippen LogP contribution in [0.1, 0.15) is 56.4 Å². The molecule has 4 aromatic carbocycles. The second kappa shape index (κ2) is 21.1. The molecule has 0 saturated carbocycles. The number of halogens is 2. The summed E-state index contributed by atoms with van der Waals surface area (Å²) in [6.07, 6.45) is 1.60. The molecule has 2 aliphatic heterocycles. The van der Waals surface area contributed by atoms with E-state index in [2.05, 4.69) is 66.1 Å². The maximum Gasteiger partial charge on any atom is 0.329 e. The van der Waals surface area contributed by atoms with Crippen molar-refractivity contribution in [2.75, 3.05) is 20.8 Å². The SMILES string of the molecule is C=CC(=O)OC.CC(C)Oc1ccc(-c2noc(-c3ccc4c(c3)CNC4)n2)cc1Cl.COC(=O)CCN1Cc2ccc(-c3nc(-c4ccc(OC(C)C)c(Cl)c4)no3)cc2C1. The Labute approximate surface area is 370 Å². The van der Waals surface area contributed by atoms with E-state index in [1.165, 1.54) is 36.5 Å². The third-order valence-electron chi connectivity index (χ3n) is 9.51. The van der Waals surface area contributed by atoms with Crippen LogP contribution in [0.3, 0.4) is 0 Å². The first-order valence-corrected chi connectivity index (χ1v) is 20.6. The van der Waals surface area contributed by atoms with Gasteiger partial charge in [-0.3, -0.25) is 9.69 Å². The van der Waals surface area contributed by atoms with Crippen LogP contribution in [0.15, 0.2) is 94.5 Å². The van der Waals surface area contributed by atoms with Crippen molar-refractivity contribution in [2.45, 2.75) is 72.5 Å². The highest BCUT2D eigenvalue weighted by Crippen LogP contribution is 2.34. The molecule has 324 valence electrons. The minimum absolute atomic E-state index is 0.0383. The van der Waals surface area contributed by atoms with Gasteiger partial charge in [-0.1, -0.05) is 52.2 Å². The van der Waals surface area contributed by atoms with Crippen LogP contribution in [0.4, 0.5) is 0 Å². The number of nitrogens with zero attached hydrogens (tertiary/aromatic N) is 5. The third-order valence-corrected chi connectivity index (χ3v) is 10.1. The van der Waals surface area contributed by atoms with Gasteiger partial charge in [0.2, 0.25) is 11.6 Å². The van der Waals surface area contributed by atoms with Crippen molar-refractivity contribution in [3.63, 3.8) is 0 Å². The topological polar surface area (TPSA) is 164 Å². The molecule has 0 aliphatic carbocycles. The lowest BCUT2D eigenvalue weighted by Crippen LogP contribution is -2.20. The number of carbonyl (C=O) groups is 2. The highest BCUT2D eigenvalue weighted by Gasteiger charge is 2.22. The average Bonchev–Trinajstić information content (AvgIpc) is 4.11. The van der Waals surface area contributed by atoms with Crippen LogP contribution in [-0.4, -0.2) is 70.1 Å². The number of carbonyl (C=O) groups excluding carboxylic acids is 2. The number of rotatable bonds is 12. The zero-order valence-electron chi connectivity index (χ0n) is 35.4. The Morgan fingerprint density at radius 2 is 1.21 bits per heavy atom. The third kappa shape index (κ3) is 11.9. The van der Waals surface area contributed by atoms with Gasteiger partial charge in [0.1, 0.15) is 11.5 Å². The van der Waals surface area contributed by atoms with Gasteiger partial charge in [-0.05, 0) is 111 Å². The summed E-state index contributed by atoms with van der Waals surface area (Å²) in [6.45, 7) is 15.0. The molecule has 2 aromatic heterocycles. The van der Waals surface area contributed by atoms with E-state index in [0.29, 0.717) is 57.9 Å². The van der Waals surface area contributed by atoms with Gasteiger partial charge in [-0.25, -0.2) is 4.79 Å². The number of hydrogen-bond acceptors (Lipinski definition) is 14. The van der Waals surface area contributed by atoms with Gasteiger partial charge in [0.05, 0.1) is 42.9 Å². The van der Waals surface area contributed by atoms with Gasteiger partial charge < -0.3 is 33.3 Å². The lowest BCUT2D eigenvalue weighted by molar-refractivity contribution is -0.141. The summed E-state index contributed by atoms with van der Waals surface area (Å²) in [5.41, 5.74) is 8.35. The fraction of sp³-hybridized carbons (Fsp3) is 0.304. The summed E-state index contributed by atoms with van der Waals surface area (Å²) >= 11 is 12.6. The van der Waals surface area contributed by atoms with Crippen LogP contribution in [0.5, 0.6) is 11.5 Å². The molecule has 4 heterocycles. The van der Waals surface area contributed by atoms with E-state index in [4.69, 9.17) is 46.5 Å². The van der Waals surface area contributed by atoms with Crippen LogP contribution >= 0.6 is 23.2 Å². The average molecular weight is 884 g/mol. The van der Waals surface area contributed by atoms with Gasteiger partial charge in [-0.15, -0.1) is 0 Å². The zero-order chi connectivity index (χ0) is 44.3. The second-order valence-electron chi connectivity index (χ2n) is 14.8. The quantitative estimate of drug-likeness (QED) is 0.0913. The predicted octanol–water partition coefficient (Wildman–Crippen LogP) is 9.52. The summed E-state index contributed by atoms with van der Waals surface area (Å²) in [7, 11) is 2.72. The normalized spacial score (nSPS) is 12.7. The molecule has 0 saturated heterocycles. The fourth-order valence-corrected chi connectivity index (χ4v) is 6.96. The van der Waals surface area contributed by atoms with E-state index in [-0.39, 0.29) is 18.2 Å². The first kappa shape index (κ1) is 45.5. The lowest BCUT2D eigenvalue weighted by atomic mass is 10.1. The molecule has 0 fully saturated rings. The van der Waals surface area contributed by atoms with E-state index >= 15 is 0 Å². The summed E-state index contributed by atoms with van der Waals surface area (Å²) in [4.78, 5) is 32.5. The number of ether oxygens (including phenoxy) is 4. The molecule has 0 bridgehead atoms. The fourth-order valence-electron chi connectivity index (χ4n) is 6.51. The molecule has 0 spiro atoms. The van der Waals surface area contributed by atoms with E-state index in [1.807, 2.05) is 64.1 Å². The van der Waals surface area contributed by atoms with Gasteiger partial charge in [0.15, 0.2) is 0 Å². The first-order valence-electron chi connectivity index (χ1n) is 19.9. The Bertz CT molecular complexity index is 2520. The number of benzene rings is 4. The standard InChI is InChI=1S/C23H24ClN3O4.C19H18ClN3O2.C4H6O2/c1-14(2)30-20-7-6-15(11-19(20)24)22-25-23(31-26-22)16-4-5-17-12-27(13-18(17)10-16)9-8-21(28)29-3;1-11(2)24-17-6-5-12(8-16(17)20)18-22-19(25-23-18)13-3-4-14-9-21-10-15(14)7-13;1-3-4(5)6-2/h4-7,10-11,14H,8-9,12-13H2,1-3H3;3-8,11,21H,9-10H2,1-2H3;3H,1H2,2H3. The predicted molar refractivity (Wildman–Crippen MR) is 235 cm³/mol. The maximum atomic E-state index is 11.4. The first-order chi connectivity index (χ1) is 29.8. The van der Waals surface area contributed by atoms with Gasteiger partial charge >= 0.3 is 11.9 Å². The molecule has 1 N–H and O–H groups in total. The minimum Gasteiger partial charge on any atom is -0.489 e. The Morgan fingerprint density at radius 3 is 1.69 bits per heavy atom. The van der Waals surface area contributed by atoms with Crippen molar-refractivity contribution in [1.82, 2.24) is 30.5 Å². The summed E-state index contributed by atoms with van der Waals surface area (Å²) in [5, 5.41) is 12.6. The molecule has 62 heavy (non-hydrogen) atoms. The molecule has 8 rings (SSSR count). The Balaban J connectivity index is 0.000000186. The zero-order valence-corrected chi connectivity index (χ0v) is 36.9. The largest absolute Gasteiger partial charge is 0.489 e. The summed E-state index contributed by atoms with van der Waals surface area (Å²) in [6, 6.07) is 23.3. The smallest absolute Gasteiger partial charge is 0.329 e. The molecular weight excluding hydrogens is 835 g/mol. The van der Waals surface area contributed by atoms with E-state index in [0.717, 1.165) is 54.5 Å². The summed E-state index contributed by atoms with van der Waals surface area (Å²) in [5.74, 6) is 2.61. The Morgan fingerprint density at radius 1 is 0.710 bits per heavy atom. The van der Waals surface area contributed by atoms with Crippen LogP contribution in [0.25, 0.3) is 45.7 Å². The van der Waals surface area contributed by atoms with Crippen molar-refractivity contribution in [2.24, 2.45) is 0 Å². The van der Waals surface area contributed by atoms with Gasteiger partial charge in [-0.2, -0.15) is 9.97 Å². The highest BCUT2D eigenvalue weighted by molar-refractivity contribution is 6.32. The molecule has 0 atom stereocenters. The number of aromatic nitrogens is 4. The highest BCUT2D eigenvalue weighted by atomic mass is 35.5. The van der Waals surface area contributed by atoms with Crippen LogP contribution in [0, 0.1) is 0 Å². The molecule has 16 heteroatoms. The van der Waals surface area contributed by atoms with Gasteiger partial charge in [0, 0.05) is 61.1 Å². The van der Waals surface area contributed by atoms with Crippen molar-refractivity contribution in [3.8, 4) is 57.2 Å². The summed E-state index contributed by atoms with van der Waals surface area (Å²) < 4.78 is 31.1. The lowest BCUT2D eigenvalue weighted by Gasteiger charge is -2.13. The number of fused-ring (bicyclic) bond motifs is 2. The van der Waals surface area contributed by atoms with E-state index in [9.17, 15) is 9.59 Å². The van der Waals surface area contributed by atoms with E-state index in [1.54, 1.807) is 12.1 Å². The van der Waals surface area contributed by atoms with E-state index < -0.39 is 5.97 Å². The Hall–Kier alpha value is -6.06. The number of nitrogens with one attached hydrogen (secondary N) is 1. The minimum atomic E-state index is -0.394. The van der Waals surface area contributed by atoms with Crippen LogP contribution in [0.2, 0.25) is 10.0 Å². The van der Waals surface area contributed by atoms with Crippen molar-refractivity contribution in [3.05, 3.63) is 118 Å². The second-order valence-corrected chi connectivity index (χ2v) is 15.6. The molecule has 14 nitrogen and oxygen atoms in total. The molecule has 0 unspecified atom stereocenters. The number of hydrogen-bond donors (Lipinski definition) is 1. The Kier molecular flexibility index (Phi) is 15.5.